The van der Waals surface area contributed by atoms with Crippen LogP contribution in [0.3, 0.4) is 0 Å². The molecule has 0 radical (unpaired) electrons. The van der Waals surface area contributed by atoms with Crippen LogP contribution in [0.25, 0.3) is 10.9 Å². The van der Waals surface area contributed by atoms with Crippen LogP contribution in [0.4, 0.5) is 5.82 Å². The Morgan fingerprint density at radius 2 is 1.65 bits per heavy atom. The molecule has 0 fully saturated rings. The number of hydrogen-bond acceptors (Lipinski definition) is 7. The van der Waals surface area contributed by atoms with Gasteiger partial charge in [-0.2, -0.15) is 9.82 Å². The number of aromatic nitrogens is 3. The largest absolute Gasteiger partial charge is 0.480 e. The first-order chi connectivity index (χ1) is 23.0. The number of aryl methyl sites for hydroxylation is 6. The number of carbonyl (C=O) groups excluding carboxylic acids is 1. The highest BCUT2D eigenvalue weighted by Gasteiger charge is 2.28. The first-order valence-electron chi connectivity index (χ1n) is 15.8. The predicted octanol–water partition coefficient (Wildman–Crippen LogP) is 4.81. The summed E-state index contributed by atoms with van der Waals surface area (Å²) in [6, 6.07) is 23.0. The molecule has 5 aromatic rings. The van der Waals surface area contributed by atoms with Crippen LogP contribution in [0, 0.1) is 20.8 Å². The number of anilines is 1. The summed E-state index contributed by atoms with van der Waals surface area (Å²) in [5.41, 5.74) is 5.14. The van der Waals surface area contributed by atoms with Crippen LogP contribution in [-0.4, -0.2) is 59.3 Å². The Balaban J connectivity index is 1.31. The fourth-order valence-corrected chi connectivity index (χ4v) is 7.52. The highest BCUT2D eigenvalue weighted by Crippen LogP contribution is 2.24. The monoisotopic (exact) mass is 668 g/mol. The Bertz CT molecular complexity index is 1990. The van der Waals surface area contributed by atoms with Crippen molar-refractivity contribution in [2.45, 2.75) is 57.5 Å². The first-order valence-corrected chi connectivity index (χ1v) is 17.3. The molecule has 0 spiro atoms. The Kier molecular flexibility index (Phi) is 10.9. The summed E-state index contributed by atoms with van der Waals surface area (Å²) in [4.78, 5) is 29.7. The summed E-state index contributed by atoms with van der Waals surface area (Å²) in [5.74, 6) is -1.12. The Labute approximate surface area is 280 Å². The second kappa shape index (κ2) is 15.2. The number of carbonyl (C=O) groups is 2. The smallest absolute Gasteiger partial charge is 0.323 e. The van der Waals surface area contributed by atoms with Crippen molar-refractivity contribution in [1.29, 1.82) is 0 Å². The minimum absolute atomic E-state index is 0.0312. The summed E-state index contributed by atoms with van der Waals surface area (Å²) < 4.78 is 30.7. The van der Waals surface area contributed by atoms with E-state index >= 15 is 0 Å². The van der Waals surface area contributed by atoms with Gasteiger partial charge in [0.15, 0.2) is 0 Å². The number of fused-ring (bicyclic) bond motifs is 1. The predicted molar refractivity (Wildman–Crippen MR) is 186 cm³/mol. The van der Waals surface area contributed by atoms with Crippen LogP contribution < -0.4 is 15.4 Å². The van der Waals surface area contributed by atoms with Gasteiger partial charge in [-0.3, -0.25) is 14.3 Å². The number of aliphatic carboxylic acids is 1. The second-order valence-corrected chi connectivity index (χ2v) is 13.5. The summed E-state index contributed by atoms with van der Waals surface area (Å²) in [7, 11) is -4.18. The van der Waals surface area contributed by atoms with Crippen LogP contribution in [0.1, 0.15) is 44.7 Å². The van der Waals surface area contributed by atoms with Crippen LogP contribution in [0.2, 0.25) is 0 Å². The summed E-state index contributed by atoms with van der Waals surface area (Å²) in [6.07, 6.45) is 3.96. The van der Waals surface area contributed by atoms with Crippen LogP contribution in [-0.2, 0) is 34.2 Å². The van der Waals surface area contributed by atoms with Crippen molar-refractivity contribution >= 4 is 38.6 Å². The van der Waals surface area contributed by atoms with Gasteiger partial charge < -0.3 is 15.7 Å². The van der Waals surface area contributed by atoms with E-state index < -0.39 is 34.5 Å². The average molecular weight is 669 g/mol. The van der Waals surface area contributed by atoms with Crippen molar-refractivity contribution in [2.75, 3.05) is 18.4 Å². The molecular formula is C36H40N6O5S. The lowest BCUT2D eigenvalue weighted by Crippen LogP contribution is -2.48. The Morgan fingerprint density at radius 1 is 0.917 bits per heavy atom. The molecule has 12 heteroatoms. The number of amides is 1. The molecule has 0 bridgehead atoms. The average Bonchev–Trinajstić information content (AvgIpc) is 3.40. The molecule has 2 heterocycles. The van der Waals surface area contributed by atoms with Crippen molar-refractivity contribution in [3.8, 4) is 0 Å². The number of sulfonamides is 1. The van der Waals surface area contributed by atoms with Gasteiger partial charge in [-0.1, -0.05) is 54.1 Å². The van der Waals surface area contributed by atoms with E-state index in [1.807, 2.05) is 54.1 Å². The van der Waals surface area contributed by atoms with E-state index in [1.54, 1.807) is 44.3 Å². The van der Waals surface area contributed by atoms with Crippen LogP contribution >= 0.6 is 0 Å². The van der Waals surface area contributed by atoms with Crippen LogP contribution in [0.5, 0.6) is 0 Å². The van der Waals surface area contributed by atoms with Gasteiger partial charge in [-0.05, 0) is 87.1 Å². The lowest BCUT2D eigenvalue weighted by molar-refractivity contribution is -0.138. The van der Waals surface area contributed by atoms with E-state index in [2.05, 4.69) is 32.5 Å². The third-order valence-electron chi connectivity index (χ3n) is 8.04. The highest BCUT2D eigenvalue weighted by atomic mass is 32.2. The molecule has 3 aromatic carbocycles. The molecule has 11 nitrogen and oxygen atoms in total. The van der Waals surface area contributed by atoms with E-state index in [4.69, 9.17) is 5.10 Å². The molecule has 0 aliphatic carbocycles. The van der Waals surface area contributed by atoms with Gasteiger partial charge in [0, 0.05) is 36.8 Å². The maximum Gasteiger partial charge on any atom is 0.323 e. The second-order valence-electron chi connectivity index (χ2n) is 11.8. The maximum atomic E-state index is 13.3. The molecule has 250 valence electrons. The number of pyridine rings is 1. The van der Waals surface area contributed by atoms with Crippen molar-refractivity contribution in [3.63, 3.8) is 0 Å². The fourth-order valence-electron chi connectivity index (χ4n) is 5.88. The molecule has 48 heavy (non-hydrogen) atoms. The van der Waals surface area contributed by atoms with Crippen molar-refractivity contribution in [3.05, 3.63) is 119 Å². The fraction of sp³-hybridized carbons (Fsp3) is 0.278. The normalized spacial score (nSPS) is 12.1. The number of nitrogens with one attached hydrogen (secondary N) is 3. The Morgan fingerprint density at radius 3 is 2.33 bits per heavy atom. The highest BCUT2D eigenvalue weighted by molar-refractivity contribution is 7.89. The molecule has 0 unspecified atom stereocenters. The van der Waals surface area contributed by atoms with E-state index in [0.717, 1.165) is 40.8 Å². The molecule has 0 aliphatic heterocycles. The zero-order valence-corrected chi connectivity index (χ0v) is 28.0. The number of carboxylic acid groups (broad SMARTS) is 1. The number of rotatable bonds is 15. The SMILES string of the molecule is Cc1cc(C)c(S(=O)(=O)N[C@@H](CNC(=O)c2ccc3c(c2)c(CCc2ccccc2)nn3CCCNc2ccccn2)C(=O)O)c(C)c1. The minimum atomic E-state index is -4.18. The van der Waals surface area contributed by atoms with Gasteiger partial charge in [0.25, 0.3) is 5.91 Å². The summed E-state index contributed by atoms with van der Waals surface area (Å²) >= 11 is 0. The van der Waals surface area contributed by atoms with Crippen molar-refractivity contribution < 1.29 is 23.1 Å². The zero-order chi connectivity index (χ0) is 34.3. The standard InChI is InChI=1S/C36H40N6O5S/c1-24-20-25(2)34(26(3)21-24)48(46,47)41-31(36(44)45)23-39-35(43)28-14-16-32-29(22-28)30(15-13-27-10-5-4-6-11-27)40-42(32)19-9-18-38-33-12-7-8-17-37-33/h4-8,10-12,14,16-17,20-22,31,41H,9,13,15,18-19,23H2,1-3H3,(H,37,38)(H,39,43)(H,44,45)/t31-/m0/s1. The molecule has 1 amide bonds. The van der Waals surface area contributed by atoms with E-state index in [0.29, 0.717) is 36.2 Å². The van der Waals surface area contributed by atoms with Gasteiger partial charge in [-0.25, -0.2) is 13.4 Å². The number of nitrogens with zero attached hydrogens (tertiary/aromatic N) is 3. The van der Waals surface area contributed by atoms with Gasteiger partial charge in [0.1, 0.15) is 11.9 Å². The van der Waals surface area contributed by atoms with Gasteiger partial charge >= 0.3 is 5.97 Å². The molecule has 5 rings (SSSR count). The molecule has 4 N–H and O–H groups in total. The molecule has 2 aromatic heterocycles. The summed E-state index contributed by atoms with van der Waals surface area (Å²) in [6.45, 7) is 6.09. The lowest BCUT2D eigenvalue weighted by Gasteiger charge is -2.18. The zero-order valence-electron chi connectivity index (χ0n) is 27.2. The molecular weight excluding hydrogens is 629 g/mol. The summed E-state index contributed by atoms with van der Waals surface area (Å²) in [5, 5.41) is 21.5. The third kappa shape index (κ3) is 8.44. The Hall–Kier alpha value is -5.07. The molecule has 0 saturated heterocycles. The van der Waals surface area contributed by atoms with E-state index in [1.165, 1.54) is 5.56 Å². The molecule has 1 atom stereocenters. The topological polar surface area (TPSA) is 155 Å². The first kappa shape index (κ1) is 34.3. The van der Waals surface area contributed by atoms with E-state index in [9.17, 15) is 23.1 Å². The maximum absolute atomic E-state index is 13.3. The molecule has 0 saturated carbocycles. The minimum Gasteiger partial charge on any atom is -0.480 e. The molecule has 0 aliphatic rings. The van der Waals surface area contributed by atoms with Gasteiger partial charge in [0.05, 0.1) is 16.1 Å². The quantitative estimate of drug-likeness (QED) is 0.116. The lowest BCUT2D eigenvalue weighted by atomic mass is 10.0. The number of carboxylic acids is 1. The van der Waals surface area contributed by atoms with Gasteiger partial charge in [-0.15, -0.1) is 0 Å². The number of benzene rings is 3. The van der Waals surface area contributed by atoms with Gasteiger partial charge in [0.2, 0.25) is 10.0 Å². The van der Waals surface area contributed by atoms with Crippen LogP contribution in [0.15, 0.2) is 90.0 Å². The van der Waals surface area contributed by atoms with E-state index in [-0.39, 0.29) is 4.90 Å². The van der Waals surface area contributed by atoms with Crippen molar-refractivity contribution in [1.82, 2.24) is 24.8 Å². The third-order valence-corrected chi connectivity index (χ3v) is 9.81. The van der Waals surface area contributed by atoms with Crippen molar-refractivity contribution in [2.24, 2.45) is 0 Å². The number of hydrogen-bond donors (Lipinski definition) is 4.